The molecule has 90 valence electrons. The van der Waals surface area contributed by atoms with Crippen molar-refractivity contribution >= 4 is 17.7 Å². The smallest absolute Gasteiger partial charge is 0.320 e. The maximum atomic E-state index is 10.8. The Kier molecular flexibility index (Phi) is 7.88. The molecule has 15 heavy (non-hydrogen) atoms. The lowest BCUT2D eigenvalue weighted by molar-refractivity contribution is -0.139. The van der Waals surface area contributed by atoms with E-state index in [4.69, 9.17) is 5.11 Å². The van der Waals surface area contributed by atoms with Crippen LogP contribution in [0.15, 0.2) is 0 Å². The van der Waals surface area contributed by atoms with Crippen molar-refractivity contribution in [3.05, 3.63) is 0 Å². The number of aliphatic carboxylic acids is 1. The fraction of sp³-hybridized carbons (Fsp3) is 0.909. The summed E-state index contributed by atoms with van der Waals surface area (Å²) < 4.78 is 0. The minimum atomic E-state index is -0.741. The fourth-order valence-electron chi connectivity index (χ4n) is 1.12. The van der Waals surface area contributed by atoms with Gasteiger partial charge < -0.3 is 10.4 Å². The first-order valence-electron chi connectivity index (χ1n) is 5.56. The highest BCUT2D eigenvalue weighted by Crippen LogP contribution is 2.19. The van der Waals surface area contributed by atoms with Crippen molar-refractivity contribution in [2.45, 2.75) is 45.4 Å². The van der Waals surface area contributed by atoms with Gasteiger partial charge in [0.05, 0.1) is 0 Å². The predicted molar refractivity (Wildman–Crippen MR) is 66.5 cm³/mol. The number of hydrogen-bond donors (Lipinski definition) is 2. The summed E-state index contributed by atoms with van der Waals surface area (Å²) in [6.07, 6.45) is 0.699. The summed E-state index contributed by atoms with van der Waals surface area (Å²) in [6.45, 7) is 9.22. The van der Waals surface area contributed by atoms with E-state index < -0.39 is 5.97 Å². The van der Waals surface area contributed by atoms with Crippen LogP contribution in [0.2, 0.25) is 0 Å². The third-order valence-corrected chi connectivity index (χ3v) is 4.02. The lowest BCUT2D eigenvalue weighted by Gasteiger charge is -2.17. The van der Waals surface area contributed by atoms with Crippen molar-refractivity contribution in [3.63, 3.8) is 0 Å². The molecule has 0 aliphatic carbocycles. The zero-order chi connectivity index (χ0) is 11.8. The number of thioether (sulfide) groups is 1. The molecule has 0 fully saturated rings. The van der Waals surface area contributed by atoms with Gasteiger partial charge in [0.1, 0.15) is 6.04 Å². The Labute approximate surface area is 97.0 Å². The first-order chi connectivity index (χ1) is 6.99. The van der Waals surface area contributed by atoms with E-state index in [1.165, 1.54) is 0 Å². The van der Waals surface area contributed by atoms with Crippen molar-refractivity contribution in [1.82, 2.24) is 5.32 Å². The first kappa shape index (κ1) is 14.8. The fourth-order valence-corrected chi connectivity index (χ4v) is 2.25. The first-order valence-corrected chi connectivity index (χ1v) is 6.61. The molecular formula is C11H23NO2S. The van der Waals surface area contributed by atoms with Gasteiger partial charge in [0.25, 0.3) is 0 Å². The SMILES string of the molecule is CCNC(CCSC(C)C(C)C)C(=O)O. The van der Waals surface area contributed by atoms with E-state index in [-0.39, 0.29) is 6.04 Å². The average molecular weight is 233 g/mol. The molecule has 0 amide bonds. The highest BCUT2D eigenvalue weighted by Gasteiger charge is 2.16. The lowest BCUT2D eigenvalue weighted by Crippen LogP contribution is -2.37. The monoisotopic (exact) mass is 233 g/mol. The number of hydrogen-bond acceptors (Lipinski definition) is 3. The van der Waals surface area contributed by atoms with Crippen molar-refractivity contribution in [3.8, 4) is 0 Å². The Morgan fingerprint density at radius 3 is 2.40 bits per heavy atom. The molecule has 0 saturated carbocycles. The van der Waals surface area contributed by atoms with E-state index in [2.05, 4.69) is 26.1 Å². The third-order valence-electron chi connectivity index (χ3n) is 2.47. The molecule has 2 N–H and O–H groups in total. The number of carboxylic acids is 1. The Hall–Kier alpha value is -0.220. The molecule has 4 heteroatoms. The maximum absolute atomic E-state index is 10.8. The molecule has 0 aliphatic rings. The van der Waals surface area contributed by atoms with Gasteiger partial charge >= 0.3 is 5.97 Å². The molecule has 0 saturated heterocycles. The Morgan fingerprint density at radius 1 is 1.40 bits per heavy atom. The highest BCUT2D eigenvalue weighted by molar-refractivity contribution is 7.99. The minimum Gasteiger partial charge on any atom is -0.480 e. The Bertz CT molecular complexity index is 185. The van der Waals surface area contributed by atoms with Gasteiger partial charge in [-0.15, -0.1) is 0 Å². The molecule has 0 bridgehead atoms. The van der Waals surface area contributed by atoms with Crippen LogP contribution < -0.4 is 5.32 Å². The normalized spacial score (nSPS) is 15.3. The highest BCUT2D eigenvalue weighted by atomic mass is 32.2. The number of nitrogens with one attached hydrogen (secondary N) is 1. The van der Waals surface area contributed by atoms with Gasteiger partial charge in [0.15, 0.2) is 0 Å². The maximum Gasteiger partial charge on any atom is 0.320 e. The molecule has 0 aliphatic heterocycles. The topological polar surface area (TPSA) is 49.3 Å². The van der Waals surface area contributed by atoms with Gasteiger partial charge in [-0.2, -0.15) is 11.8 Å². The van der Waals surface area contributed by atoms with Crippen LogP contribution >= 0.6 is 11.8 Å². The second-order valence-electron chi connectivity index (χ2n) is 4.06. The van der Waals surface area contributed by atoms with Crippen LogP contribution in [0.4, 0.5) is 0 Å². The van der Waals surface area contributed by atoms with E-state index in [1.807, 2.05) is 18.7 Å². The number of carboxylic acid groups (broad SMARTS) is 1. The van der Waals surface area contributed by atoms with Crippen molar-refractivity contribution in [1.29, 1.82) is 0 Å². The minimum absolute atomic E-state index is 0.387. The van der Waals surface area contributed by atoms with Crippen LogP contribution in [0.5, 0.6) is 0 Å². The zero-order valence-corrected chi connectivity index (χ0v) is 10.9. The van der Waals surface area contributed by atoms with Gasteiger partial charge in [-0.3, -0.25) is 4.79 Å². The molecule has 2 atom stereocenters. The molecule has 0 rings (SSSR count). The summed E-state index contributed by atoms with van der Waals surface area (Å²) in [7, 11) is 0. The van der Waals surface area contributed by atoms with Crippen LogP contribution in [0, 0.1) is 5.92 Å². The third kappa shape index (κ3) is 6.79. The van der Waals surface area contributed by atoms with Gasteiger partial charge in [0.2, 0.25) is 0 Å². The standard InChI is InChI=1S/C11H23NO2S/c1-5-12-10(11(13)14)6-7-15-9(4)8(2)3/h8-10,12H,5-7H2,1-4H3,(H,13,14). The number of likely N-dealkylation sites (N-methyl/N-ethyl adjacent to an activating group) is 1. The van der Waals surface area contributed by atoms with Crippen LogP contribution in [-0.2, 0) is 4.79 Å². The second-order valence-corrected chi connectivity index (χ2v) is 5.54. The summed E-state index contributed by atoms with van der Waals surface area (Å²) in [6, 6.07) is -0.387. The molecule has 0 heterocycles. The second kappa shape index (κ2) is 7.99. The Balaban J connectivity index is 3.75. The molecule has 0 aromatic rings. The van der Waals surface area contributed by atoms with Gasteiger partial charge in [-0.25, -0.2) is 0 Å². The average Bonchev–Trinajstić information content (AvgIpc) is 2.15. The summed E-state index contributed by atoms with van der Waals surface area (Å²) >= 11 is 1.85. The quantitative estimate of drug-likeness (QED) is 0.675. The van der Waals surface area contributed by atoms with Gasteiger partial charge in [-0.1, -0.05) is 27.7 Å². The van der Waals surface area contributed by atoms with E-state index in [9.17, 15) is 4.79 Å². The van der Waals surface area contributed by atoms with Crippen molar-refractivity contribution < 1.29 is 9.90 Å². The van der Waals surface area contributed by atoms with Gasteiger partial charge in [0, 0.05) is 5.25 Å². The Morgan fingerprint density at radius 2 is 2.00 bits per heavy atom. The predicted octanol–water partition coefficient (Wildman–Crippen LogP) is 2.22. The molecule has 0 aromatic heterocycles. The molecule has 2 unspecified atom stereocenters. The van der Waals surface area contributed by atoms with Crippen molar-refractivity contribution in [2.24, 2.45) is 5.92 Å². The lowest BCUT2D eigenvalue weighted by atomic mass is 10.2. The van der Waals surface area contributed by atoms with E-state index in [0.717, 1.165) is 5.75 Å². The molecule has 3 nitrogen and oxygen atoms in total. The summed E-state index contributed by atoms with van der Waals surface area (Å²) in [5.41, 5.74) is 0. The van der Waals surface area contributed by atoms with E-state index in [1.54, 1.807) is 0 Å². The zero-order valence-electron chi connectivity index (χ0n) is 10.1. The van der Waals surface area contributed by atoms with Crippen molar-refractivity contribution in [2.75, 3.05) is 12.3 Å². The molecule has 0 radical (unpaired) electrons. The molecular weight excluding hydrogens is 210 g/mol. The number of carbonyl (C=O) groups is 1. The molecule has 0 aromatic carbocycles. The van der Waals surface area contributed by atoms with Gasteiger partial charge in [-0.05, 0) is 24.6 Å². The largest absolute Gasteiger partial charge is 0.480 e. The van der Waals surface area contributed by atoms with Crippen LogP contribution in [-0.4, -0.2) is 34.7 Å². The molecule has 0 spiro atoms. The summed E-state index contributed by atoms with van der Waals surface area (Å²) in [5, 5.41) is 12.5. The van der Waals surface area contributed by atoms with Crippen LogP contribution in [0.1, 0.15) is 34.1 Å². The van der Waals surface area contributed by atoms with Crippen LogP contribution in [0.3, 0.4) is 0 Å². The summed E-state index contributed by atoms with van der Waals surface area (Å²) in [5.74, 6) is 0.815. The van der Waals surface area contributed by atoms with E-state index >= 15 is 0 Å². The van der Waals surface area contributed by atoms with Crippen LogP contribution in [0.25, 0.3) is 0 Å². The summed E-state index contributed by atoms with van der Waals surface area (Å²) in [4.78, 5) is 10.8. The van der Waals surface area contributed by atoms with E-state index in [0.29, 0.717) is 24.1 Å². The number of rotatable bonds is 8.